The standard InChI is InChI=1S/C16H19N.ClH/c1-10-5-11(2)8-14(7-10)15-9-12(3)6-13(4)16(15)17;/h5-9H,17H2,1-4H3;1H. The van der Waals surface area contributed by atoms with Crippen LogP contribution in [-0.2, 0) is 0 Å². The van der Waals surface area contributed by atoms with Gasteiger partial charge in [-0.25, -0.2) is 0 Å². The highest BCUT2D eigenvalue weighted by Gasteiger charge is 2.07. The summed E-state index contributed by atoms with van der Waals surface area (Å²) in [6.45, 7) is 8.41. The van der Waals surface area contributed by atoms with Crippen LogP contribution in [0.4, 0.5) is 5.69 Å². The summed E-state index contributed by atoms with van der Waals surface area (Å²) < 4.78 is 0. The summed E-state index contributed by atoms with van der Waals surface area (Å²) in [5.74, 6) is 0. The zero-order valence-electron chi connectivity index (χ0n) is 11.4. The minimum Gasteiger partial charge on any atom is -0.398 e. The summed E-state index contributed by atoms with van der Waals surface area (Å²) in [5, 5.41) is 0. The molecule has 0 saturated heterocycles. The third-order valence-corrected chi connectivity index (χ3v) is 3.06. The van der Waals surface area contributed by atoms with Crippen molar-refractivity contribution in [1.82, 2.24) is 0 Å². The van der Waals surface area contributed by atoms with E-state index in [1.54, 1.807) is 0 Å². The molecule has 0 aromatic heterocycles. The molecule has 0 aliphatic heterocycles. The number of nitrogen functional groups attached to an aromatic ring is 1. The van der Waals surface area contributed by atoms with Crippen LogP contribution in [-0.4, -0.2) is 0 Å². The molecule has 0 radical (unpaired) electrons. The van der Waals surface area contributed by atoms with Crippen LogP contribution in [0, 0.1) is 27.7 Å². The van der Waals surface area contributed by atoms with Crippen molar-refractivity contribution in [2.75, 3.05) is 5.73 Å². The summed E-state index contributed by atoms with van der Waals surface area (Å²) in [4.78, 5) is 0. The lowest BCUT2D eigenvalue weighted by Gasteiger charge is -2.12. The zero-order valence-corrected chi connectivity index (χ0v) is 12.2. The summed E-state index contributed by atoms with van der Waals surface area (Å²) in [5.41, 5.74) is 14.4. The van der Waals surface area contributed by atoms with Crippen LogP contribution in [0.1, 0.15) is 22.3 Å². The maximum absolute atomic E-state index is 6.18. The van der Waals surface area contributed by atoms with E-state index in [0.29, 0.717) is 0 Å². The molecule has 1 nitrogen and oxygen atoms in total. The van der Waals surface area contributed by atoms with Crippen LogP contribution in [0.5, 0.6) is 0 Å². The quantitative estimate of drug-likeness (QED) is 0.747. The van der Waals surface area contributed by atoms with Gasteiger partial charge in [-0.05, 0) is 44.9 Å². The smallest absolute Gasteiger partial charge is 0.0423 e. The molecule has 2 aromatic carbocycles. The number of benzene rings is 2. The topological polar surface area (TPSA) is 26.0 Å². The van der Waals surface area contributed by atoms with Crippen LogP contribution in [0.2, 0.25) is 0 Å². The van der Waals surface area contributed by atoms with E-state index in [2.05, 4.69) is 58.0 Å². The Morgan fingerprint density at radius 1 is 0.722 bits per heavy atom. The summed E-state index contributed by atoms with van der Waals surface area (Å²) in [7, 11) is 0. The van der Waals surface area contributed by atoms with Gasteiger partial charge in [0.2, 0.25) is 0 Å². The summed E-state index contributed by atoms with van der Waals surface area (Å²) >= 11 is 0. The maximum Gasteiger partial charge on any atom is 0.0423 e. The number of anilines is 1. The van der Waals surface area contributed by atoms with Crippen molar-refractivity contribution in [3.8, 4) is 11.1 Å². The van der Waals surface area contributed by atoms with E-state index in [-0.39, 0.29) is 12.4 Å². The van der Waals surface area contributed by atoms with Gasteiger partial charge < -0.3 is 5.73 Å². The van der Waals surface area contributed by atoms with Crippen LogP contribution in [0.15, 0.2) is 30.3 Å². The van der Waals surface area contributed by atoms with Crippen molar-refractivity contribution >= 4 is 18.1 Å². The molecular formula is C16H20ClN. The van der Waals surface area contributed by atoms with E-state index < -0.39 is 0 Å². The number of halogens is 1. The molecule has 0 atom stereocenters. The van der Waals surface area contributed by atoms with E-state index in [1.165, 1.54) is 22.3 Å². The van der Waals surface area contributed by atoms with Gasteiger partial charge in [0.15, 0.2) is 0 Å². The minimum absolute atomic E-state index is 0. The van der Waals surface area contributed by atoms with Crippen molar-refractivity contribution < 1.29 is 0 Å². The highest BCUT2D eigenvalue weighted by molar-refractivity contribution is 5.85. The normalized spacial score (nSPS) is 10.0. The van der Waals surface area contributed by atoms with Gasteiger partial charge in [-0.1, -0.05) is 41.0 Å². The first-order valence-corrected chi connectivity index (χ1v) is 5.93. The van der Waals surface area contributed by atoms with E-state index >= 15 is 0 Å². The molecular weight excluding hydrogens is 242 g/mol. The van der Waals surface area contributed by atoms with Crippen LogP contribution >= 0.6 is 12.4 Å². The van der Waals surface area contributed by atoms with Crippen molar-refractivity contribution in [1.29, 1.82) is 0 Å². The lowest BCUT2D eigenvalue weighted by atomic mass is 9.96. The highest BCUT2D eigenvalue weighted by atomic mass is 35.5. The Bertz CT molecular complexity index is 553. The average Bonchev–Trinajstić information content (AvgIpc) is 2.22. The van der Waals surface area contributed by atoms with Crippen molar-refractivity contribution in [2.45, 2.75) is 27.7 Å². The van der Waals surface area contributed by atoms with Crippen LogP contribution in [0.3, 0.4) is 0 Å². The Balaban J connectivity index is 0.00000162. The minimum atomic E-state index is 0. The van der Waals surface area contributed by atoms with E-state index in [1.807, 2.05) is 0 Å². The van der Waals surface area contributed by atoms with Gasteiger partial charge in [0.25, 0.3) is 0 Å². The molecule has 0 saturated carbocycles. The van der Waals surface area contributed by atoms with Gasteiger partial charge in [-0.3, -0.25) is 0 Å². The second-order valence-electron chi connectivity index (χ2n) is 4.92. The third-order valence-electron chi connectivity index (χ3n) is 3.06. The van der Waals surface area contributed by atoms with Gasteiger partial charge in [0.1, 0.15) is 0 Å². The molecule has 0 aliphatic carbocycles. The Hall–Kier alpha value is -1.47. The second-order valence-corrected chi connectivity index (χ2v) is 4.92. The van der Waals surface area contributed by atoms with Gasteiger partial charge in [-0.2, -0.15) is 0 Å². The lowest BCUT2D eigenvalue weighted by molar-refractivity contribution is 1.36. The zero-order chi connectivity index (χ0) is 12.6. The molecule has 0 unspecified atom stereocenters. The molecule has 0 heterocycles. The number of nitrogens with two attached hydrogens (primary N) is 1. The van der Waals surface area contributed by atoms with E-state index in [9.17, 15) is 0 Å². The molecule has 2 aromatic rings. The maximum atomic E-state index is 6.18. The SMILES string of the molecule is Cc1cc(C)cc(-c2cc(C)cc(C)c2N)c1.Cl. The Kier molecular flexibility index (Phi) is 4.42. The molecule has 2 heteroatoms. The monoisotopic (exact) mass is 261 g/mol. The number of rotatable bonds is 1. The second kappa shape index (κ2) is 5.45. The van der Waals surface area contributed by atoms with E-state index in [0.717, 1.165) is 16.8 Å². The molecule has 2 N–H and O–H groups in total. The largest absolute Gasteiger partial charge is 0.398 e. The first-order valence-electron chi connectivity index (χ1n) is 5.93. The number of hydrogen-bond acceptors (Lipinski definition) is 1. The van der Waals surface area contributed by atoms with Gasteiger partial charge in [0.05, 0.1) is 0 Å². The van der Waals surface area contributed by atoms with Crippen molar-refractivity contribution in [3.05, 3.63) is 52.6 Å². The van der Waals surface area contributed by atoms with Crippen molar-refractivity contribution in [2.24, 2.45) is 0 Å². The molecule has 0 bridgehead atoms. The predicted molar refractivity (Wildman–Crippen MR) is 82.5 cm³/mol. The molecule has 0 aliphatic rings. The first-order chi connectivity index (χ1) is 7.97. The predicted octanol–water partition coefficient (Wildman–Crippen LogP) is 4.59. The van der Waals surface area contributed by atoms with Crippen LogP contribution < -0.4 is 5.73 Å². The lowest BCUT2D eigenvalue weighted by Crippen LogP contribution is -1.95. The molecule has 18 heavy (non-hydrogen) atoms. The Morgan fingerprint density at radius 3 is 1.78 bits per heavy atom. The molecule has 96 valence electrons. The summed E-state index contributed by atoms with van der Waals surface area (Å²) in [6, 6.07) is 10.9. The summed E-state index contributed by atoms with van der Waals surface area (Å²) in [6.07, 6.45) is 0. The van der Waals surface area contributed by atoms with Gasteiger partial charge in [0, 0.05) is 11.3 Å². The fraction of sp³-hybridized carbons (Fsp3) is 0.250. The van der Waals surface area contributed by atoms with E-state index in [4.69, 9.17) is 5.73 Å². The highest BCUT2D eigenvalue weighted by Crippen LogP contribution is 2.31. The Morgan fingerprint density at radius 2 is 1.22 bits per heavy atom. The molecule has 0 spiro atoms. The molecule has 2 rings (SSSR count). The van der Waals surface area contributed by atoms with Crippen LogP contribution in [0.25, 0.3) is 11.1 Å². The number of aryl methyl sites for hydroxylation is 4. The Labute approximate surface area is 115 Å². The molecule has 0 fully saturated rings. The van der Waals surface area contributed by atoms with Crippen molar-refractivity contribution in [3.63, 3.8) is 0 Å². The third kappa shape index (κ3) is 2.85. The average molecular weight is 262 g/mol. The fourth-order valence-corrected chi connectivity index (χ4v) is 2.35. The van der Waals surface area contributed by atoms with Gasteiger partial charge in [-0.15, -0.1) is 12.4 Å². The van der Waals surface area contributed by atoms with Gasteiger partial charge >= 0.3 is 0 Å². The molecule has 0 amide bonds. The fourth-order valence-electron chi connectivity index (χ4n) is 2.35. The first kappa shape index (κ1) is 14.6. The number of hydrogen-bond donors (Lipinski definition) is 1.